The predicted octanol–water partition coefficient (Wildman–Crippen LogP) is 4.40. The van der Waals surface area contributed by atoms with Crippen molar-refractivity contribution in [3.63, 3.8) is 0 Å². The molecule has 0 fully saturated rings. The number of amides is 1. The maximum Gasteiger partial charge on any atom is 0.312 e. The zero-order valence-electron chi connectivity index (χ0n) is 16.8. The van der Waals surface area contributed by atoms with Crippen LogP contribution in [0.4, 0.5) is 0 Å². The van der Waals surface area contributed by atoms with Crippen molar-refractivity contribution in [3.05, 3.63) is 65.9 Å². The van der Waals surface area contributed by atoms with Gasteiger partial charge in [-0.25, -0.2) is 4.98 Å². The van der Waals surface area contributed by atoms with Crippen LogP contribution >= 0.6 is 11.3 Å². The predicted molar refractivity (Wildman–Crippen MR) is 116 cm³/mol. The smallest absolute Gasteiger partial charge is 0.312 e. The van der Waals surface area contributed by atoms with E-state index in [4.69, 9.17) is 9.72 Å². The second-order valence-electron chi connectivity index (χ2n) is 7.09. The normalized spacial score (nSPS) is 10.8. The summed E-state index contributed by atoms with van der Waals surface area (Å²) in [6, 6.07) is 18.0. The molecule has 0 saturated carbocycles. The van der Waals surface area contributed by atoms with Gasteiger partial charge in [-0.05, 0) is 26.3 Å². The number of carbonyl (C=O) groups excluding carboxylic acids is 2. The van der Waals surface area contributed by atoms with Gasteiger partial charge in [0.1, 0.15) is 5.01 Å². The Balaban J connectivity index is 1.82. The van der Waals surface area contributed by atoms with E-state index in [1.165, 1.54) is 5.56 Å². The standard InChI is InChI=1S/C23H24N2O3S/c1-15(2)24-20(26)14-28-21(27)13-19-22(17-11-9-16(3)10-12-17)29-23(25-19)18-7-5-4-6-8-18/h4-12,15H,13-14H2,1-3H3,(H,24,26). The summed E-state index contributed by atoms with van der Waals surface area (Å²) in [4.78, 5) is 29.7. The molecule has 1 N–H and O–H groups in total. The number of rotatable bonds is 7. The Kier molecular flexibility index (Phi) is 6.77. The number of ether oxygens (including phenoxy) is 1. The summed E-state index contributed by atoms with van der Waals surface area (Å²) in [6.07, 6.45) is 0.0154. The minimum atomic E-state index is -0.470. The molecule has 1 amide bonds. The molecular weight excluding hydrogens is 384 g/mol. The van der Waals surface area contributed by atoms with Gasteiger partial charge < -0.3 is 10.1 Å². The summed E-state index contributed by atoms with van der Waals surface area (Å²) in [6.45, 7) is 5.46. The van der Waals surface area contributed by atoms with Gasteiger partial charge in [0.05, 0.1) is 17.0 Å². The average Bonchev–Trinajstić information content (AvgIpc) is 3.11. The fourth-order valence-corrected chi connectivity index (χ4v) is 3.90. The number of aromatic nitrogens is 1. The first-order valence-corrected chi connectivity index (χ1v) is 10.3. The van der Waals surface area contributed by atoms with Gasteiger partial charge in [-0.1, -0.05) is 60.2 Å². The van der Waals surface area contributed by atoms with Gasteiger partial charge in [-0.15, -0.1) is 11.3 Å². The minimum Gasteiger partial charge on any atom is -0.455 e. The van der Waals surface area contributed by atoms with Crippen molar-refractivity contribution in [1.82, 2.24) is 10.3 Å². The maximum atomic E-state index is 12.3. The monoisotopic (exact) mass is 408 g/mol. The molecule has 29 heavy (non-hydrogen) atoms. The van der Waals surface area contributed by atoms with Crippen molar-refractivity contribution in [2.24, 2.45) is 0 Å². The summed E-state index contributed by atoms with van der Waals surface area (Å²) in [5.74, 6) is -0.780. The van der Waals surface area contributed by atoms with Crippen LogP contribution < -0.4 is 5.32 Å². The molecule has 0 aliphatic carbocycles. The zero-order chi connectivity index (χ0) is 20.8. The van der Waals surface area contributed by atoms with E-state index in [1.54, 1.807) is 11.3 Å². The number of nitrogens with one attached hydrogen (secondary N) is 1. The molecule has 3 aromatic rings. The maximum absolute atomic E-state index is 12.3. The van der Waals surface area contributed by atoms with Crippen molar-refractivity contribution in [2.75, 3.05) is 6.61 Å². The van der Waals surface area contributed by atoms with E-state index in [1.807, 2.05) is 75.4 Å². The van der Waals surface area contributed by atoms with Crippen molar-refractivity contribution in [3.8, 4) is 21.0 Å². The van der Waals surface area contributed by atoms with Crippen LogP contribution in [0.15, 0.2) is 54.6 Å². The average molecular weight is 409 g/mol. The molecule has 6 heteroatoms. The van der Waals surface area contributed by atoms with E-state index in [-0.39, 0.29) is 25.0 Å². The number of carbonyl (C=O) groups is 2. The highest BCUT2D eigenvalue weighted by atomic mass is 32.1. The highest BCUT2D eigenvalue weighted by molar-refractivity contribution is 7.18. The van der Waals surface area contributed by atoms with Gasteiger partial charge in [-0.3, -0.25) is 9.59 Å². The Labute approximate surface area is 174 Å². The molecule has 0 spiro atoms. The summed E-state index contributed by atoms with van der Waals surface area (Å²) in [5, 5.41) is 3.55. The number of hydrogen-bond donors (Lipinski definition) is 1. The summed E-state index contributed by atoms with van der Waals surface area (Å²) in [7, 11) is 0. The quantitative estimate of drug-likeness (QED) is 0.589. The van der Waals surface area contributed by atoms with Crippen molar-refractivity contribution >= 4 is 23.2 Å². The molecule has 0 unspecified atom stereocenters. The number of benzene rings is 2. The molecule has 0 bridgehead atoms. The van der Waals surface area contributed by atoms with Crippen molar-refractivity contribution in [1.29, 1.82) is 0 Å². The first kappa shape index (κ1) is 20.7. The molecule has 0 saturated heterocycles. The molecule has 0 atom stereocenters. The second kappa shape index (κ2) is 9.47. The van der Waals surface area contributed by atoms with Gasteiger partial charge >= 0.3 is 5.97 Å². The highest BCUT2D eigenvalue weighted by Crippen LogP contribution is 2.36. The van der Waals surface area contributed by atoms with E-state index in [0.717, 1.165) is 21.0 Å². The fourth-order valence-electron chi connectivity index (χ4n) is 2.80. The lowest BCUT2D eigenvalue weighted by Crippen LogP contribution is -2.34. The minimum absolute atomic E-state index is 0.00122. The van der Waals surface area contributed by atoms with E-state index < -0.39 is 5.97 Å². The Hall–Kier alpha value is -2.99. The summed E-state index contributed by atoms with van der Waals surface area (Å²) >= 11 is 1.55. The van der Waals surface area contributed by atoms with E-state index in [2.05, 4.69) is 5.32 Å². The van der Waals surface area contributed by atoms with E-state index in [0.29, 0.717) is 5.69 Å². The van der Waals surface area contributed by atoms with Gasteiger partial charge in [-0.2, -0.15) is 0 Å². The van der Waals surface area contributed by atoms with Crippen LogP contribution in [0.3, 0.4) is 0 Å². The third-order valence-corrected chi connectivity index (χ3v) is 5.35. The Morgan fingerprint density at radius 1 is 1.03 bits per heavy atom. The summed E-state index contributed by atoms with van der Waals surface area (Å²) < 4.78 is 5.15. The molecule has 0 aliphatic rings. The summed E-state index contributed by atoms with van der Waals surface area (Å²) in [5.41, 5.74) is 3.84. The van der Waals surface area contributed by atoms with Crippen LogP contribution in [-0.4, -0.2) is 29.5 Å². The molecule has 1 aromatic heterocycles. The Bertz CT molecular complexity index is 979. The van der Waals surface area contributed by atoms with Crippen molar-refractivity contribution in [2.45, 2.75) is 33.2 Å². The van der Waals surface area contributed by atoms with Gasteiger partial charge in [0, 0.05) is 11.6 Å². The SMILES string of the molecule is Cc1ccc(-c2sc(-c3ccccc3)nc2CC(=O)OCC(=O)NC(C)C)cc1. The molecule has 5 nitrogen and oxygen atoms in total. The lowest BCUT2D eigenvalue weighted by Gasteiger charge is -2.09. The number of aryl methyl sites for hydroxylation is 1. The van der Waals surface area contributed by atoms with Crippen LogP contribution in [0.1, 0.15) is 25.1 Å². The number of esters is 1. The lowest BCUT2D eigenvalue weighted by atomic mass is 10.1. The van der Waals surface area contributed by atoms with Crippen LogP contribution in [0.25, 0.3) is 21.0 Å². The van der Waals surface area contributed by atoms with E-state index in [9.17, 15) is 9.59 Å². The Morgan fingerprint density at radius 3 is 2.38 bits per heavy atom. The molecule has 1 heterocycles. The van der Waals surface area contributed by atoms with Crippen LogP contribution in [0, 0.1) is 6.92 Å². The number of hydrogen-bond acceptors (Lipinski definition) is 5. The number of thiazole rings is 1. The third-order valence-electron chi connectivity index (χ3n) is 4.16. The van der Waals surface area contributed by atoms with Gasteiger partial charge in [0.15, 0.2) is 6.61 Å². The largest absolute Gasteiger partial charge is 0.455 e. The van der Waals surface area contributed by atoms with Crippen LogP contribution in [0.2, 0.25) is 0 Å². The van der Waals surface area contributed by atoms with Gasteiger partial charge in [0.2, 0.25) is 0 Å². The van der Waals surface area contributed by atoms with E-state index >= 15 is 0 Å². The lowest BCUT2D eigenvalue weighted by molar-refractivity contribution is -0.148. The third kappa shape index (κ3) is 5.74. The fraction of sp³-hybridized carbons (Fsp3) is 0.261. The van der Waals surface area contributed by atoms with Crippen LogP contribution in [-0.2, 0) is 20.7 Å². The second-order valence-corrected chi connectivity index (χ2v) is 8.09. The molecule has 0 radical (unpaired) electrons. The molecular formula is C23H24N2O3S. The Morgan fingerprint density at radius 2 is 1.72 bits per heavy atom. The first-order chi connectivity index (χ1) is 13.9. The van der Waals surface area contributed by atoms with Crippen molar-refractivity contribution < 1.29 is 14.3 Å². The zero-order valence-corrected chi connectivity index (χ0v) is 17.6. The van der Waals surface area contributed by atoms with Crippen LogP contribution in [0.5, 0.6) is 0 Å². The topological polar surface area (TPSA) is 68.3 Å². The van der Waals surface area contributed by atoms with Gasteiger partial charge in [0.25, 0.3) is 5.91 Å². The number of nitrogens with zero attached hydrogens (tertiary/aromatic N) is 1. The molecule has 2 aromatic carbocycles. The highest BCUT2D eigenvalue weighted by Gasteiger charge is 2.18. The molecule has 3 rings (SSSR count). The first-order valence-electron chi connectivity index (χ1n) is 9.49. The molecule has 150 valence electrons. The molecule has 0 aliphatic heterocycles.